The minimum Gasteiger partial charge on any atom is -0.443 e. The van der Waals surface area contributed by atoms with Crippen molar-refractivity contribution in [2.24, 2.45) is 0 Å². The second-order valence-corrected chi connectivity index (χ2v) is 11.9. The van der Waals surface area contributed by atoms with E-state index in [1.54, 1.807) is 43.3 Å². The topological polar surface area (TPSA) is 115 Å². The molecule has 0 saturated heterocycles. The van der Waals surface area contributed by atoms with E-state index in [1.807, 2.05) is 31.2 Å². The summed E-state index contributed by atoms with van der Waals surface area (Å²) in [6.07, 6.45) is 0. The van der Waals surface area contributed by atoms with E-state index >= 15 is 0 Å². The third-order valence-corrected chi connectivity index (χ3v) is 5.93. The second kappa shape index (κ2) is 13.2. The predicted octanol–water partition coefficient (Wildman–Crippen LogP) is 8.69. The highest BCUT2D eigenvalue weighted by Crippen LogP contribution is 2.28. The van der Waals surface area contributed by atoms with Gasteiger partial charge < -0.3 is 13.8 Å². The highest BCUT2D eigenvalue weighted by Gasteiger charge is 2.12. The molecule has 0 amide bonds. The average Bonchev–Trinajstić information content (AvgIpc) is 3.46. The molecule has 0 aliphatic carbocycles. The lowest BCUT2D eigenvalue weighted by atomic mass is 10.2. The zero-order chi connectivity index (χ0) is 29.0. The number of H-pyrrole nitrogens is 1. The van der Waals surface area contributed by atoms with Crippen LogP contribution in [0.3, 0.4) is 0 Å². The summed E-state index contributed by atoms with van der Waals surface area (Å²) >= 11 is 18.0. The van der Waals surface area contributed by atoms with Crippen LogP contribution < -0.4 is 5.56 Å². The molecule has 0 fully saturated rings. The summed E-state index contributed by atoms with van der Waals surface area (Å²) in [6, 6.07) is 17.9. The van der Waals surface area contributed by atoms with Gasteiger partial charge in [0, 0.05) is 42.5 Å². The molecule has 0 aliphatic rings. The molecule has 6 aromatic rings. The zero-order valence-electron chi connectivity index (χ0n) is 20.5. The molecule has 1 N–H and O–H groups in total. The van der Waals surface area contributed by atoms with E-state index in [-0.39, 0.29) is 5.56 Å². The van der Waals surface area contributed by atoms with Crippen LogP contribution >= 0.6 is 56.2 Å². The molecule has 4 aromatic heterocycles. The van der Waals surface area contributed by atoms with Crippen molar-refractivity contribution in [3.05, 3.63) is 97.7 Å². The van der Waals surface area contributed by atoms with Crippen molar-refractivity contribution < 1.29 is 13.0 Å². The fourth-order valence-corrected chi connectivity index (χ4v) is 4.18. The summed E-state index contributed by atoms with van der Waals surface area (Å²) in [6.45, 7) is 3.62. The van der Waals surface area contributed by atoms with Gasteiger partial charge in [-0.15, -0.1) is 0 Å². The summed E-state index contributed by atoms with van der Waals surface area (Å²) in [5, 5.41) is 2.78. The molecular weight excluding hydrogens is 642 g/mol. The van der Waals surface area contributed by atoms with Crippen molar-refractivity contribution in [3.8, 4) is 22.8 Å². The molecule has 6 rings (SSSR count). The monoisotopic (exact) mass is 656 g/mol. The first kappa shape index (κ1) is 30.0. The summed E-state index contributed by atoms with van der Waals surface area (Å²) in [7, 11) is 7.36. The third kappa shape index (κ3) is 7.63. The molecular formula is C26H17Cl5N4O4S. The van der Waals surface area contributed by atoms with Gasteiger partial charge in [0.1, 0.15) is 27.9 Å². The van der Waals surface area contributed by atoms with Crippen molar-refractivity contribution in [3.63, 3.8) is 0 Å². The molecule has 0 saturated carbocycles. The molecule has 0 bridgehead atoms. The molecule has 14 heteroatoms. The van der Waals surface area contributed by atoms with Crippen LogP contribution in [-0.4, -0.2) is 24.1 Å². The molecule has 0 unspecified atom stereocenters. The third-order valence-electron chi connectivity index (χ3n) is 5.18. The van der Waals surface area contributed by atoms with Crippen LogP contribution in [0.1, 0.15) is 11.5 Å². The lowest BCUT2D eigenvalue weighted by Crippen LogP contribution is -2.08. The molecule has 0 spiro atoms. The van der Waals surface area contributed by atoms with Gasteiger partial charge in [0.05, 0.1) is 5.39 Å². The maximum atomic E-state index is 11.9. The number of nitrogens with one attached hydrogen (secondary N) is 1. The first-order valence-electron chi connectivity index (χ1n) is 11.2. The summed E-state index contributed by atoms with van der Waals surface area (Å²) in [5.74, 6) is 2.37. The van der Waals surface area contributed by atoms with Crippen molar-refractivity contribution in [2.45, 2.75) is 13.8 Å². The Bertz CT molecular complexity index is 1900. The number of aromatic nitrogens is 4. The Hall–Kier alpha value is -2.92. The normalized spacial score (nSPS) is 10.8. The second-order valence-electron chi connectivity index (χ2n) is 8.11. The number of halogens is 5. The fourth-order valence-electron chi connectivity index (χ4n) is 3.59. The number of benzene rings is 2. The van der Waals surface area contributed by atoms with Gasteiger partial charge in [-0.25, -0.2) is 9.19 Å². The molecule has 0 aliphatic heterocycles. The number of hydrogen-bond donors (Lipinski definition) is 1. The fraction of sp³-hybridized carbons (Fsp3) is 0.0769. The molecule has 4 heterocycles. The molecule has 206 valence electrons. The Labute approximate surface area is 253 Å². The summed E-state index contributed by atoms with van der Waals surface area (Å²) < 4.78 is 19.9. The minimum absolute atomic E-state index is 0.216. The van der Waals surface area contributed by atoms with Gasteiger partial charge in [0.15, 0.2) is 5.82 Å². The maximum Gasteiger partial charge on any atom is 0.262 e. The number of furan rings is 2. The van der Waals surface area contributed by atoms with Crippen LogP contribution in [0.4, 0.5) is 0 Å². The molecule has 2 aromatic carbocycles. The Morgan fingerprint density at radius 3 is 1.88 bits per heavy atom. The van der Waals surface area contributed by atoms with Crippen LogP contribution in [0.15, 0.2) is 74.3 Å². The predicted molar refractivity (Wildman–Crippen MR) is 162 cm³/mol. The van der Waals surface area contributed by atoms with Crippen LogP contribution in [0.5, 0.6) is 0 Å². The summed E-state index contributed by atoms with van der Waals surface area (Å²) in [4.78, 5) is 27.5. The van der Waals surface area contributed by atoms with Gasteiger partial charge in [-0.1, -0.05) is 59.1 Å². The SMILES string of the molecule is Cc1cc2c(=O)[nH]c(-c3cccc(Cl)c3)nc2o1.Cc1cc2c(Cl)nc(-c3cccc(Cl)c3)nc2o1.O=S(Cl)Cl. The largest absolute Gasteiger partial charge is 0.443 e. The van der Waals surface area contributed by atoms with Crippen LogP contribution in [0.2, 0.25) is 15.2 Å². The van der Waals surface area contributed by atoms with Crippen molar-refractivity contribution in [1.29, 1.82) is 0 Å². The quantitative estimate of drug-likeness (QED) is 0.146. The lowest BCUT2D eigenvalue weighted by molar-refractivity contribution is 0.567. The van der Waals surface area contributed by atoms with E-state index in [0.29, 0.717) is 49.4 Å². The molecule has 0 radical (unpaired) electrons. The van der Waals surface area contributed by atoms with Crippen molar-refractivity contribution in [1.82, 2.24) is 19.9 Å². The number of fused-ring (bicyclic) bond motifs is 2. The van der Waals surface area contributed by atoms with Gasteiger partial charge in [0.25, 0.3) is 5.56 Å². The van der Waals surface area contributed by atoms with Gasteiger partial charge in [-0.05, 0) is 50.2 Å². The smallest absolute Gasteiger partial charge is 0.262 e. The number of nitrogens with zero attached hydrogens (tertiary/aromatic N) is 3. The zero-order valence-corrected chi connectivity index (χ0v) is 25.1. The van der Waals surface area contributed by atoms with E-state index in [4.69, 9.17) is 47.8 Å². The highest BCUT2D eigenvalue weighted by atomic mass is 36.0. The Morgan fingerprint density at radius 2 is 1.27 bits per heavy atom. The van der Waals surface area contributed by atoms with Gasteiger partial charge in [-0.3, -0.25) is 4.79 Å². The number of hydrogen-bond acceptors (Lipinski definition) is 7. The maximum absolute atomic E-state index is 11.9. The number of aromatic amines is 1. The van der Waals surface area contributed by atoms with Crippen molar-refractivity contribution >= 4 is 87.6 Å². The van der Waals surface area contributed by atoms with Crippen LogP contribution in [-0.2, 0) is 9.23 Å². The van der Waals surface area contributed by atoms with Crippen LogP contribution in [0, 0.1) is 13.8 Å². The van der Waals surface area contributed by atoms with Crippen molar-refractivity contribution in [2.75, 3.05) is 0 Å². The molecule has 8 nitrogen and oxygen atoms in total. The summed E-state index contributed by atoms with van der Waals surface area (Å²) in [5.41, 5.74) is 2.16. The van der Waals surface area contributed by atoms with E-state index < -0.39 is 9.23 Å². The van der Waals surface area contributed by atoms with E-state index in [0.717, 1.165) is 22.3 Å². The Morgan fingerprint density at radius 1 is 0.750 bits per heavy atom. The Kier molecular flexibility index (Phi) is 9.89. The van der Waals surface area contributed by atoms with Crippen LogP contribution in [0.25, 0.3) is 45.0 Å². The number of aryl methyl sites for hydroxylation is 2. The van der Waals surface area contributed by atoms with Gasteiger partial charge in [-0.2, -0.15) is 9.97 Å². The van der Waals surface area contributed by atoms with Gasteiger partial charge >= 0.3 is 0 Å². The molecule has 0 atom stereocenters. The standard InChI is InChI=1S/C13H8Cl2N2O.C13H9ClN2O2.Cl2OS/c1-7-5-10-11(15)16-12(17-13(10)18-7)8-3-2-4-9(14)6-8;1-7-5-10-12(17)15-11(16-13(10)18-7)8-3-2-4-9(14)6-8;1-4(2)3/h2-6H,1H3;2-6H,1H3,(H,15,16,17);. The van der Waals surface area contributed by atoms with E-state index in [1.165, 1.54) is 0 Å². The first-order valence-corrected chi connectivity index (χ1v) is 15.1. The number of rotatable bonds is 2. The average molecular weight is 659 g/mol. The lowest BCUT2D eigenvalue weighted by Gasteiger charge is -2.01. The highest BCUT2D eigenvalue weighted by molar-refractivity contribution is 8.26. The van der Waals surface area contributed by atoms with E-state index in [9.17, 15) is 4.79 Å². The first-order chi connectivity index (χ1) is 19.0. The Balaban J connectivity index is 0.000000164. The minimum atomic E-state index is -1.67. The van der Waals surface area contributed by atoms with E-state index in [2.05, 4.69) is 41.3 Å². The van der Waals surface area contributed by atoms with Gasteiger partial charge in [0.2, 0.25) is 20.7 Å². The molecule has 40 heavy (non-hydrogen) atoms.